The number of benzene rings is 3. The molecule has 0 aromatic heterocycles. The van der Waals surface area contributed by atoms with Crippen LogP contribution >= 0.6 is 56.0 Å². The lowest BCUT2D eigenvalue weighted by atomic mass is 9.82. The van der Waals surface area contributed by atoms with Crippen molar-refractivity contribution in [1.29, 1.82) is 0 Å². The Morgan fingerprint density at radius 1 is 0.936 bits per heavy atom. The summed E-state index contributed by atoms with van der Waals surface area (Å²) in [6.07, 6.45) is 0.966. The number of carbonyl (C=O) groups is 1. The maximum Gasteiger partial charge on any atom is 0.416 e. The van der Waals surface area contributed by atoms with Crippen molar-refractivity contribution in [2.24, 2.45) is 5.73 Å². The predicted molar refractivity (Wildman–Crippen MR) is 194 cm³/mol. The van der Waals surface area contributed by atoms with Crippen LogP contribution in [0.1, 0.15) is 52.7 Å². The van der Waals surface area contributed by atoms with E-state index in [1.807, 2.05) is 37.4 Å². The summed E-state index contributed by atoms with van der Waals surface area (Å²) < 4.78 is 47.2. The third kappa shape index (κ3) is 9.89. The van der Waals surface area contributed by atoms with E-state index in [0.717, 1.165) is 77.3 Å². The molecule has 13 heteroatoms. The number of likely N-dealkylation sites (tertiary alicyclic amines) is 2. The number of hydrogen-bond donors (Lipinski definition) is 2. The molecular formula is C34H42Br2ClF3N4O2S. The van der Waals surface area contributed by atoms with Crippen molar-refractivity contribution >= 4 is 61.9 Å². The highest BCUT2D eigenvalue weighted by molar-refractivity contribution is 9.10. The van der Waals surface area contributed by atoms with Gasteiger partial charge >= 0.3 is 6.18 Å². The molecule has 6 nitrogen and oxygen atoms in total. The van der Waals surface area contributed by atoms with Gasteiger partial charge in [-0.15, -0.1) is 24.2 Å². The molecule has 2 aliphatic rings. The average Bonchev–Trinajstić information content (AvgIpc) is 3.00. The Bertz CT molecular complexity index is 1510. The minimum Gasteiger partial charge on any atom is -0.496 e. The lowest BCUT2D eigenvalue weighted by Gasteiger charge is -2.43. The van der Waals surface area contributed by atoms with Crippen molar-refractivity contribution in [1.82, 2.24) is 15.1 Å². The molecule has 0 bridgehead atoms. The summed E-state index contributed by atoms with van der Waals surface area (Å²) >= 11 is 8.08. The SMILES string of the molecule is CN1CCCC(N)(c2cccc(Br)c2)C1.COc1cc(C(F)(F)F)cc(SC)c1C(=O)NC1(c2cccc(Br)c2)CCCN(C)C1.Cl. The second kappa shape index (κ2) is 16.7. The molecule has 2 heterocycles. The number of nitrogens with one attached hydrogen (secondary N) is 1. The molecule has 0 aliphatic carbocycles. The maximum atomic E-state index is 13.5. The van der Waals surface area contributed by atoms with E-state index in [-0.39, 0.29) is 34.2 Å². The van der Waals surface area contributed by atoms with E-state index in [4.69, 9.17) is 10.5 Å². The van der Waals surface area contributed by atoms with Crippen LogP contribution < -0.4 is 15.8 Å². The minimum absolute atomic E-state index is 0. The maximum absolute atomic E-state index is 13.5. The first kappa shape index (κ1) is 39.6. The van der Waals surface area contributed by atoms with Gasteiger partial charge in [0, 0.05) is 26.9 Å². The molecule has 3 aromatic rings. The van der Waals surface area contributed by atoms with Gasteiger partial charge in [-0.2, -0.15) is 13.2 Å². The molecule has 2 unspecified atom stereocenters. The molecule has 2 atom stereocenters. The number of halogens is 6. The van der Waals surface area contributed by atoms with Gasteiger partial charge in [0.2, 0.25) is 0 Å². The number of carbonyl (C=O) groups excluding carboxylic acids is 1. The van der Waals surface area contributed by atoms with Gasteiger partial charge in [-0.3, -0.25) is 4.79 Å². The fourth-order valence-corrected chi connectivity index (χ4v) is 7.82. The molecule has 2 fully saturated rings. The van der Waals surface area contributed by atoms with Crippen LogP contribution in [0, 0.1) is 0 Å². The summed E-state index contributed by atoms with van der Waals surface area (Å²) in [6, 6.07) is 18.0. The summed E-state index contributed by atoms with van der Waals surface area (Å²) in [6.45, 7) is 3.61. The monoisotopic (exact) mass is 820 g/mol. The van der Waals surface area contributed by atoms with Gasteiger partial charge in [-0.05, 0) is 107 Å². The fraction of sp³-hybridized carbons (Fsp3) is 0.441. The summed E-state index contributed by atoms with van der Waals surface area (Å²) in [7, 11) is 5.40. The Balaban J connectivity index is 0.000000314. The number of likely N-dealkylation sites (N-methyl/N-ethyl adjacent to an activating group) is 2. The van der Waals surface area contributed by atoms with E-state index in [2.05, 4.69) is 72.2 Å². The molecule has 1 amide bonds. The van der Waals surface area contributed by atoms with Crippen LogP contribution in [0.3, 0.4) is 0 Å². The standard InChI is InChI=1S/C22H24BrF3N2O2S.C12H17BrN2.ClH/c1-28-9-5-8-21(13-28,14-6-4-7-16(23)10-14)27-20(29)19-17(30-2)11-15(22(24,25)26)12-18(19)31-3;1-15-7-3-6-12(14,9-15)10-4-2-5-11(13)8-10;/h4,6-7,10-12H,5,8-9,13H2,1-3H3,(H,27,29);2,4-5,8H,3,6-7,9,14H2,1H3;1H. The number of rotatable bonds is 6. The summed E-state index contributed by atoms with van der Waals surface area (Å²) in [5, 5.41) is 3.15. The quantitative estimate of drug-likeness (QED) is 0.244. The molecule has 5 rings (SSSR count). The van der Waals surface area contributed by atoms with Crippen molar-refractivity contribution < 1.29 is 22.7 Å². The van der Waals surface area contributed by atoms with Crippen molar-refractivity contribution in [3.8, 4) is 5.75 Å². The number of hydrogen-bond acceptors (Lipinski definition) is 6. The first-order chi connectivity index (χ1) is 21.7. The van der Waals surface area contributed by atoms with Crippen LogP contribution in [0.25, 0.3) is 0 Å². The highest BCUT2D eigenvalue weighted by Gasteiger charge is 2.40. The van der Waals surface area contributed by atoms with Crippen LogP contribution in [0.15, 0.2) is 74.5 Å². The second-order valence-corrected chi connectivity index (χ2v) is 14.8. The topological polar surface area (TPSA) is 70.8 Å². The highest BCUT2D eigenvalue weighted by Crippen LogP contribution is 2.40. The highest BCUT2D eigenvalue weighted by atomic mass is 79.9. The van der Waals surface area contributed by atoms with Gasteiger partial charge in [0.1, 0.15) is 5.75 Å². The Labute approximate surface area is 303 Å². The van der Waals surface area contributed by atoms with Crippen LogP contribution in [-0.4, -0.2) is 69.3 Å². The summed E-state index contributed by atoms with van der Waals surface area (Å²) in [4.78, 5) is 18.2. The number of alkyl halides is 3. The number of amides is 1. The largest absolute Gasteiger partial charge is 0.496 e. The van der Waals surface area contributed by atoms with E-state index in [1.165, 1.54) is 19.1 Å². The van der Waals surface area contributed by atoms with Gasteiger partial charge in [-0.25, -0.2) is 0 Å². The molecule has 3 N–H and O–H groups in total. The number of methoxy groups -OCH3 is 1. The van der Waals surface area contributed by atoms with E-state index in [9.17, 15) is 18.0 Å². The molecule has 258 valence electrons. The minimum atomic E-state index is -4.53. The smallest absolute Gasteiger partial charge is 0.416 e. The van der Waals surface area contributed by atoms with E-state index >= 15 is 0 Å². The molecule has 3 aromatic carbocycles. The molecule has 2 aliphatic heterocycles. The number of ether oxygens (including phenoxy) is 1. The molecule has 0 saturated carbocycles. The molecule has 0 spiro atoms. The molecule has 47 heavy (non-hydrogen) atoms. The van der Waals surface area contributed by atoms with E-state index in [1.54, 1.807) is 6.26 Å². The molecular weight excluding hydrogens is 781 g/mol. The molecule has 0 radical (unpaired) electrons. The molecule has 2 saturated heterocycles. The third-order valence-corrected chi connectivity index (χ3v) is 10.3. The lowest BCUT2D eigenvalue weighted by Crippen LogP contribution is -2.55. The van der Waals surface area contributed by atoms with E-state index < -0.39 is 23.2 Å². The Morgan fingerprint density at radius 3 is 2.04 bits per heavy atom. The summed E-state index contributed by atoms with van der Waals surface area (Å²) in [5.41, 5.74) is 7.09. The van der Waals surface area contributed by atoms with Crippen molar-refractivity contribution in [3.63, 3.8) is 0 Å². The number of nitrogens with two attached hydrogens (primary N) is 1. The first-order valence-electron chi connectivity index (χ1n) is 15.0. The zero-order valence-corrected chi connectivity index (χ0v) is 31.7. The van der Waals surface area contributed by atoms with Gasteiger partial charge in [0.05, 0.1) is 29.3 Å². The zero-order valence-electron chi connectivity index (χ0n) is 26.9. The van der Waals surface area contributed by atoms with Gasteiger partial charge in [-0.1, -0.05) is 56.1 Å². The number of thioether (sulfide) groups is 1. The predicted octanol–water partition coefficient (Wildman–Crippen LogP) is 8.30. The Morgan fingerprint density at radius 2 is 1.51 bits per heavy atom. The van der Waals surface area contributed by atoms with Crippen LogP contribution in [0.5, 0.6) is 5.75 Å². The third-order valence-electron chi connectivity index (χ3n) is 8.59. The summed E-state index contributed by atoms with van der Waals surface area (Å²) in [5.74, 6) is -0.546. The van der Waals surface area contributed by atoms with Crippen molar-refractivity contribution in [3.05, 3.63) is 91.9 Å². The van der Waals surface area contributed by atoms with Crippen molar-refractivity contribution in [2.75, 3.05) is 53.6 Å². The van der Waals surface area contributed by atoms with Gasteiger partial charge < -0.3 is 25.6 Å². The fourth-order valence-electron chi connectivity index (χ4n) is 6.38. The lowest BCUT2D eigenvalue weighted by molar-refractivity contribution is -0.137. The Kier molecular flexibility index (Phi) is 14.1. The zero-order chi connectivity index (χ0) is 33.7. The second-order valence-electron chi connectivity index (χ2n) is 12.1. The normalized spacial score (nSPS) is 22.0. The Hall–Kier alpha value is -1.80. The van der Waals surface area contributed by atoms with E-state index in [0.29, 0.717) is 6.54 Å². The van der Waals surface area contributed by atoms with Crippen LogP contribution in [0.2, 0.25) is 0 Å². The average molecular weight is 823 g/mol. The van der Waals surface area contributed by atoms with Gasteiger partial charge in [0.15, 0.2) is 0 Å². The first-order valence-corrected chi connectivity index (χ1v) is 17.8. The van der Waals surface area contributed by atoms with Crippen molar-refractivity contribution in [2.45, 2.75) is 47.8 Å². The number of nitrogens with zero attached hydrogens (tertiary/aromatic N) is 2. The van der Waals surface area contributed by atoms with Crippen LogP contribution in [-0.2, 0) is 17.3 Å². The van der Waals surface area contributed by atoms with Crippen LogP contribution in [0.4, 0.5) is 13.2 Å². The number of piperidine rings is 2. The van der Waals surface area contributed by atoms with Gasteiger partial charge in [0.25, 0.3) is 5.91 Å².